The van der Waals surface area contributed by atoms with Crippen LogP contribution in [0.15, 0.2) is 66.9 Å². The van der Waals surface area contributed by atoms with Crippen molar-refractivity contribution in [3.63, 3.8) is 0 Å². The van der Waals surface area contributed by atoms with E-state index < -0.39 is 0 Å². The van der Waals surface area contributed by atoms with Gasteiger partial charge in [0, 0.05) is 41.0 Å². The summed E-state index contributed by atoms with van der Waals surface area (Å²) < 4.78 is 11.4. The minimum atomic E-state index is 0.327. The van der Waals surface area contributed by atoms with Crippen molar-refractivity contribution >= 4 is 23.2 Å². The maximum absolute atomic E-state index is 6.18. The first kappa shape index (κ1) is 19.5. The van der Waals surface area contributed by atoms with E-state index in [0.717, 1.165) is 30.0 Å². The second-order valence-electron chi connectivity index (χ2n) is 5.83. The average molecular weight is 403 g/mol. The van der Waals surface area contributed by atoms with Crippen LogP contribution in [-0.2, 0) is 13.2 Å². The second-order valence-corrected chi connectivity index (χ2v) is 6.64. The molecule has 0 spiro atoms. The predicted molar refractivity (Wildman–Crippen MR) is 109 cm³/mol. The second kappa shape index (κ2) is 10.2. The van der Waals surface area contributed by atoms with Gasteiger partial charge in [0.05, 0.1) is 0 Å². The molecule has 0 atom stereocenters. The number of nitrogens with zero attached hydrogens (tertiary/aromatic N) is 1. The molecule has 0 fully saturated rings. The van der Waals surface area contributed by atoms with Gasteiger partial charge in [-0.25, -0.2) is 4.98 Å². The number of pyridine rings is 1. The van der Waals surface area contributed by atoms with Crippen LogP contribution >= 0.6 is 23.2 Å². The summed E-state index contributed by atoms with van der Waals surface area (Å²) in [6.45, 7) is 2.32. The highest BCUT2D eigenvalue weighted by molar-refractivity contribution is 6.35. The number of hydrogen-bond donors (Lipinski definition) is 1. The average Bonchev–Trinajstić information content (AvgIpc) is 2.68. The van der Waals surface area contributed by atoms with Crippen molar-refractivity contribution in [3.05, 3.63) is 88.0 Å². The molecule has 0 saturated heterocycles. The van der Waals surface area contributed by atoms with E-state index in [2.05, 4.69) is 10.3 Å². The summed E-state index contributed by atoms with van der Waals surface area (Å²) in [7, 11) is 0. The first-order valence-corrected chi connectivity index (χ1v) is 9.37. The summed E-state index contributed by atoms with van der Waals surface area (Å²) in [5, 5.41) is 4.55. The topological polar surface area (TPSA) is 43.4 Å². The first-order chi connectivity index (χ1) is 13.2. The highest BCUT2D eigenvalue weighted by Crippen LogP contribution is 2.26. The molecule has 0 aliphatic carbocycles. The molecule has 0 radical (unpaired) electrons. The highest BCUT2D eigenvalue weighted by Gasteiger charge is 2.06. The van der Waals surface area contributed by atoms with Gasteiger partial charge in [0.1, 0.15) is 19.0 Å². The molecule has 3 rings (SSSR count). The van der Waals surface area contributed by atoms with Crippen LogP contribution in [0, 0.1) is 0 Å². The van der Waals surface area contributed by atoms with Gasteiger partial charge in [-0.1, -0.05) is 47.5 Å². The van der Waals surface area contributed by atoms with Crippen molar-refractivity contribution in [3.8, 4) is 11.6 Å². The Hall–Kier alpha value is -2.27. The largest absolute Gasteiger partial charge is 0.489 e. The fourth-order valence-corrected chi connectivity index (χ4v) is 2.97. The summed E-state index contributed by atoms with van der Waals surface area (Å²) in [4.78, 5) is 4.12. The number of benzene rings is 2. The number of rotatable bonds is 9. The summed E-state index contributed by atoms with van der Waals surface area (Å²) in [6.07, 6.45) is 1.71. The molecule has 0 aliphatic rings. The molecule has 0 bridgehead atoms. The van der Waals surface area contributed by atoms with Crippen molar-refractivity contribution in [2.24, 2.45) is 0 Å². The molecule has 1 heterocycles. The van der Waals surface area contributed by atoms with Crippen molar-refractivity contribution in [1.82, 2.24) is 10.3 Å². The highest BCUT2D eigenvalue weighted by atomic mass is 35.5. The molecule has 140 valence electrons. The van der Waals surface area contributed by atoms with Gasteiger partial charge < -0.3 is 14.8 Å². The molecule has 2 aromatic carbocycles. The van der Waals surface area contributed by atoms with Crippen molar-refractivity contribution in [1.29, 1.82) is 0 Å². The number of nitrogens with one attached hydrogen (secondary N) is 1. The quantitative estimate of drug-likeness (QED) is 0.503. The number of halogens is 2. The molecule has 0 amide bonds. The summed E-state index contributed by atoms with van der Waals surface area (Å²) >= 11 is 12.4. The van der Waals surface area contributed by atoms with E-state index >= 15 is 0 Å². The van der Waals surface area contributed by atoms with E-state index in [-0.39, 0.29) is 0 Å². The van der Waals surface area contributed by atoms with E-state index in [4.69, 9.17) is 32.7 Å². The number of aromatic nitrogens is 1. The van der Waals surface area contributed by atoms with Crippen molar-refractivity contribution in [2.75, 3.05) is 13.2 Å². The van der Waals surface area contributed by atoms with E-state index in [1.165, 1.54) is 0 Å². The van der Waals surface area contributed by atoms with Crippen LogP contribution in [0.2, 0.25) is 10.0 Å². The predicted octanol–water partition coefficient (Wildman–Crippen LogP) is 5.14. The lowest BCUT2D eigenvalue weighted by molar-refractivity contribution is 0.301. The fourth-order valence-electron chi connectivity index (χ4n) is 2.46. The van der Waals surface area contributed by atoms with Gasteiger partial charge in [0.15, 0.2) is 0 Å². The number of ether oxygens (including phenoxy) is 2. The molecule has 0 aliphatic heterocycles. The van der Waals surface area contributed by atoms with Crippen LogP contribution in [0.5, 0.6) is 11.6 Å². The Kier molecular flexibility index (Phi) is 7.34. The summed E-state index contributed by atoms with van der Waals surface area (Å²) in [6, 6.07) is 18.9. The molecule has 4 nitrogen and oxygen atoms in total. The van der Waals surface area contributed by atoms with E-state index in [9.17, 15) is 0 Å². The minimum Gasteiger partial charge on any atom is -0.489 e. The molecule has 1 N–H and O–H groups in total. The lowest BCUT2D eigenvalue weighted by atomic mass is 10.2. The van der Waals surface area contributed by atoms with Crippen molar-refractivity contribution < 1.29 is 9.47 Å². The molecule has 1 aromatic heterocycles. The van der Waals surface area contributed by atoms with Gasteiger partial charge in [-0.15, -0.1) is 0 Å². The molecular formula is C21H20Cl2N2O2. The van der Waals surface area contributed by atoms with Gasteiger partial charge >= 0.3 is 0 Å². The Labute approximate surface area is 169 Å². The molecule has 0 unspecified atom stereocenters. The van der Waals surface area contributed by atoms with Gasteiger partial charge in [-0.05, 0) is 35.9 Å². The van der Waals surface area contributed by atoms with Gasteiger partial charge in [0.25, 0.3) is 0 Å². The normalized spacial score (nSPS) is 10.6. The summed E-state index contributed by atoms with van der Waals surface area (Å²) in [5.41, 5.74) is 1.91. The van der Waals surface area contributed by atoms with Crippen LogP contribution in [0.1, 0.15) is 11.1 Å². The standard InChI is InChI=1S/C21H20Cl2N2O2/c22-19-7-4-8-20(23)18(19)15-27-17-6-3-5-16(13-17)14-24-11-12-26-21-9-1-2-10-25-21/h1-10,13,24H,11-12,14-15H2. The van der Waals surface area contributed by atoms with Crippen LogP contribution in [-0.4, -0.2) is 18.1 Å². The first-order valence-electron chi connectivity index (χ1n) is 8.61. The van der Waals surface area contributed by atoms with Gasteiger partial charge in [-0.3, -0.25) is 0 Å². The summed E-state index contributed by atoms with van der Waals surface area (Å²) in [5.74, 6) is 1.41. The lowest BCUT2D eigenvalue weighted by Gasteiger charge is -2.11. The minimum absolute atomic E-state index is 0.327. The molecule has 3 aromatic rings. The van der Waals surface area contributed by atoms with E-state index in [1.807, 2.05) is 48.5 Å². The third-order valence-corrected chi connectivity index (χ3v) is 4.55. The van der Waals surface area contributed by atoms with Gasteiger partial charge in [-0.2, -0.15) is 0 Å². The molecule has 6 heteroatoms. The Balaban J connectivity index is 1.44. The maximum Gasteiger partial charge on any atom is 0.213 e. The maximum atomic E-state index is 6.18. The molecule has 0 saturated carbocycles. The third-order valence-electron chi connectivity index (χ3n) is 3.84. The Morgan fingerprint density at radius 2 is 1.70 bits per heavy atom. The fraction of sp³-hybridized carbons (Fsp3) is 0.190. The van der Waals surface area contributed by atoms with E-state index in [0.29, 0.717) is 29.1 Å². The third kappa shape index (κ3) is 6.14. The monoisotopic (exact) mass is 402 g/mol. The molecular weight excluding hydrogens is 383 g/mol. The number of hydrogen-bond acceptors (Lipinski definition) is 4. The zero-order valence-electron chi connectivity index (χ0n) is 14.7. The Morgan fingerprint density at radius 1 is 0.889 bits per heavy atom. The Morgan fingerprint density at radius 3 is 2.48 bits per heavy atom. The van der Waals surface area contributed by atoms with Gasteiger partial charge in [0.2, 0.25) is 5.88 Å². The van der Waals surface area contributed by atoms with Crippen LogP contribution < -0.4 is 14.8 Å². The SMILES string of the molecule is Clc1cccc(Cl)c1COc1cccc(CNCCOc2ccccn2)c1. The van der Waals surface area contributed by atoms with E-state index in [1.54, 1.807) is 18.3 Å². The smallest absolute Gasteiger partial charge is 0.213 e. The van der Waals surface area contributed by atoms with Crippen LogP contribution in [0.3, 0.4) is 0 Å². The molecule has 27 heavy (non-hydrogen) atoms. The zero-order chi connectivity index (χ0) is 18.9. The van der Waals surface area contributed by atoms with Crippen LogP contribution in [0.25, 0.3) is 0 Å². The zero-order valence-corrected chi connectivity index (χ0v) is 16.2. The lowest BCUT2D eigenvalue weighted by Crippen LogP contribution is -2.20. The van der Waals surface area contributed by atoms with Crippen LogP contribution in [0.4, 0.5) is 0 Å². The Bertz CT molecular complexity index is 840. The van der Waals surface area contributed by atoms with Crippen molar-refractivity contribution in [2.45, 2.75) is 13.2 Å².